The molecular weight excluding hydrogens is 480 g/mol. The van der Waals surface area contributed by atoms with Gasteiger partial charge in [0.15, 0.2) is 0 Å². The lowest BCUT2D eigenvalue weighted by molar-refractivity contribution is 0.194. The number of rotatable bonds is 3. The third-order valence-corrected chi connectivity index (χ3v) is 8.38. The number of carbonyl (C=O) groups excluding carboxylic acids is 1. The summed E-state index contributed by atoms with van der Waals surface area (Å²) in [6.07, 6.45) is 6.40. The molecule has 1 aliphatic carbocycles. The van der Waals surface area contributed by atoms with Crippen LogP contribution < -0.4 is 10.1 Å². The summed E-state index contributed by atoms with van der Waals surface area (Å²) in [4.78, 5) is 17.0. The quantitative estimate of drug-likeness (QED) is 0.331. The van der Waals surface area contributed by atoms with Gasteiger partial charge in [-0.3, -0.25) is 0 Å². The summed E-state index contributed by atoms with van der Waals surface area (Å²) in [5, 5.41) is 3.84. The molecule has 3 heterocycles. The van der Waals surface area contributed by atoms with E-state index in [9.17, 15) is 13.6 Å². The molecule has 2 aromatic heterocycles. The predicted molar refractivity (Wildman–Crippen MR) is 136 cm³/mol. The molecule has 0 bridgehead atoms. The number of thiophene rings is 1. The van der Waals surface area contributed by atoms with Crippen LogP contribution in [0, 0.1) is 11.6 Å². The molecular formula is C28H25F2N3O2S. The molecule has 1 aliphatic heterocycles. The van der Waals surface area contributed by atoms with E-state index >= 15 is 0 Å². The normalized spacial score (nSPS) is 16.5. The molecule has 1 N–H and O–H groups in total. The molecule has 0 fully saturated rings. The third kappa shape index (κ3) is 3.86. The number of benzene rings is 2. The molecule has 5 nitrogen and oxygen atoms in total. The first-order chi connectivity index (χ1) is 17.5. The number of ether oxygens (including phenoxy) is 1. The zero-order valence-electron chi connectivity index (χ0n) is 19.8. The number of nitrogens with zero attached hydrogens (tertiary/aromatic N) is 2. The molecule has 0 saturated heterocycles. The monoisotopic (exact) mass is 505 g/mol. The highest BCUT2D eigenvalue weighted by Gasteiger charge is 2.36. The van der Waals surface area contributed by atoms with E-state index in [-0.39, 0.29) is 5.69 Å². The molecule has 184 valence electrons. The summed E-state index contributed by atoms with van der Waals surface area (Å²) in [5.41, 5.74) is 4.30. The number of halogens is 2. The van der Waals surface area contributed by atoms with E-state index in [4.69, 9.17) is 4.74 Å². The number of hydrogen-bond donors (Lipinski definition) is 1. The fourth-order valence-corrected chi connectivity index (χ4v) is 6.71. The summed E-state index contributed by atoms with van der Waals surface area (Å²) in [5.74, 6) is -0.778. The van der Waals surface area contributed by atoms with Gasteiger partial charge in [0.2, 0.25) is 0 Å². The van der Waals surface area contributed by atoms with Crippen molar-refractivity contribution in [1.29, 1.82) is 0 Å². The molecule has 2 aromatic carbocycles. The minimum atomic E-state index is -0.809. The maximum Gasteiger partial charge on any atom is 0.323 e. The van der Waals surface area contributed by atoms with Crippen molar-refractivity contribution < 1.29 is 18.3 Å². The van der Waals surface area contributed by atoms with Crippen LogP contribution in [0.2, 0.25) is 0 Å². The molecule has 0 unspecified atom stereocenters. The van der Waals surface area contributed by atoms with Crippen molar-refractivity contribution in [3.63, 3.8) is 0 Å². The number of amides is 2. The minimum Gasteiger partial charge on any atom is -0.497 e. The van der Waals surface area contributed by atoms with Crippen LogP contribution in [0.25, 0.3) is 5.00 Å². The van der Waals surface area contributed by atoms with Gasteiger partial charge in [0.05, 0.1) is 31.1 Å². The first-order valence-corrected chi connectivity index (χ1v) is 12.8. The zero-order valence-corrected chi connectivity index (χ0v) is 20.6. The SMILES string of the molecule is COc1ccc([C@@H]2c3cccn3-c3sc4c(c3CN2C(=O)Nc2ccc(F)cc2F)CCCC4)cc1. The van der Waals surface area contributed by atoms with E-state index in [0.29, 0.717) is 6.54 Å². The molecule has 0 saturated carbocycles. The Balaban J connectivity index is 1.48. The molecule has 0 spiro atoms. The van der Waals surface area contributed by atoms with Gasteiger partial charge in [-0.1, -0.05) is 12.1 Å². The van der Waals surface area contributed by atoms with Crippen LogP contribution in [0.1, 0.15) is 46.1 Å². The first-order valence-electron chi connectivity index (χ1n) is 12.0. The summed E-state index contributed by atoms with van der Waals surface area (Å²) in [6.45, 7) is 0.383. The third-order valence-electron chi connectivity index (χ3n) is 7.04. The predicted octanol–water partition coefficient (Wildman–Crippen LogP) is 6.84. The molecule has 2 aliphatic rings. The highest BCUT2D eigenvalue weighted by Crippen LogP contribution is 2.44. The number of aryl methyl sites for hydroxylation is 1. The van der Waals surface area contributed by atoms with Gasteiger partial charge in [-0.2, -0.15) is 0 Å². The second-order valence-corrected chi connectivity index (χ2v) is 10.2. The molecule has 0 radical (unpaired) electrons. The van der Waals surface area contributed by atoms with Gasteiger partial charge in [-0.05, 0) is 73.2 Å². The smallest absolute Gasteiger partial charge is 0.323 e. The topological polar surface area (TPSA) is 46.5 Å². The van der Waals surface area contributed by atoms with Crippen LogP contribution in [0.15, 0.2) is 60.8 Å². The average molecular weight is 506 g/mol. The Labute approximate surface area is 211 Å². The van der Waals surface area contributed by atoms with Crippen molar-refractivity contribution in [3.8, 4) is 10.8 Å². The molecule has 6 rings (SSSR count). The van der Waals surface area contributed by atoms with Crippen LogP contribution in [0.5, 0.6) is 5.75 Å². The van der Waals surface area contributed by atoms with Gasteiger partial charge < -0.3 is 19.5 Å². The second kappa shape index (κ2) is 9.09. The molecule has 36 heavy (non-hydrogen) atoms. The Kier molecular flexibility index (Phi) is 5.76. The number of fused-ring (bicyclic) bond motifs is 5. The average Bonchev–Trinajstić information content (AvgIpc) is 3.48. The molecule has 1 atom stereocenters. The van der Waals surface area contributed by atoms with Gasteiger partial charge in [0.1, 0.15) is 22.4 Å². The minimum absolute atomic E-state index is 0.0536. The van der Waals surface area contributed by atoms with Crippen LogP contribution in [0.4, 0.5) is 19.3 Å². The number of hydrogen-bond acceptors (Lipinski definition) is 3. The highest BCUT2D eigenvalue weighted by atomic mass is 32.1. The lowest BCUT2D eigenvalue weighted by atomic mass is 9.95. The summed E-state index contributed by atoms with van der Waals surface area (Å²) in [6, 6.07) is 14.0. The van der Waals surface area contributed by atoms with Gasteiger partial charge in [-0.15, -0.1) is 11.3 Å². The van der Waals surface area contributed by atoms with Crippen LogP contribution in [-0.2, 0) is 19.4 Å². The number of carbonyl (C=O) groups is 1. The largest absolute Gasteiger partial charge is 0.497 e. The van der Waals surface area contributed by atoms with E-state index in [0.717, 1.165) is 59.0 Å². The summed E-state index contributed by atoms with van der Waals surface area (Å²) < 4.78 is 35.5. The Morgan fingerprint density at radius 1 is 1.06 bits per heavy atom. The Hall–Kier alpha value is -3.65. The van der Waals surface area contributed by atoms with E-state index in [1.54, 1.807) is 23.3 Å². The second-order valence-electron chi connectivity index (χ2n) is 9.16. The fraction of sp³-hybridized carbons (Fsp3) is 0.250. The number of anilines is 1. The maximum absolute atomic E-state index is 14.5. The first kappa shape index (κ1) is 22.8. The molecule has 2 amide bonds. The van der Waals surface area contributed by atoms with Crippen molar-refractivity contribution in [2.75, 3.05) is 12.4 Å². The number of methoxy groups -OCH3 is 1. The van der Waals surface area contributed by atoms with Crippen molar-refractivity contribution in [3.05, 3.63) is 99.7 Å². The van der Waals surface area contributed by atoms with Crippen molar-refractivity contribution in [1.82, 2.24) is 9.47 Å². The highest BCUT2D eigenvalue weighted by molar-refractivity contribution is 7.15. The molecule has 8 heteroatoms. The lowest BCUT2D eigenvalue weighted by Gasteiger charge is -2.31. The summed E-state index contributed by atoms with van der Waals surface area (Å²) >= 11 is 1.81. The van der Waals surface area contributed by atoms with Crippen LogP contribution in [-0.4, -0.2) is 22.6 Å². The van der Waals surface area contributed by atoms with Crippen molar-refractivity contribution in [2.45, 2.75) is 38.3 Å². The Bertz CT molecular complexity index is 1440. The van der Waals surface area contributed by atoms with Crippen molar-refractivity contribution in [2.24, 2.45) is 0 Å². The van der Waals surface area contributed by atoms with Crippen molar-refractivity contribution >= 4 is 23.1 Å². The number of urea groups is 1. The molecule has 4 aromatic rings. The fourth-order valence-electron chi connectivity index (χ4n) is 5.30. The number of aromatic nitrogens is 1. The van der Waals surface area contributed by atoms with Gasteiger partial charge in [0, 0.05) is 22.7 Å². The maximum atomic E-state index is 14.5. The van der Waals surface area contributed by atoms with Gasteiger partial charge >= 0.3 is 6.03 Å². The van der Waals surface area contributed by atoms with Gasteiger partial charge in [0.25, 0.3) is 0 Å². The van der Waals surface area contributed by atoms with Crippen LogP contribution >= 0.6 is 11.3 Å². The zero-order chi connectivity index (χ0) is 24.8. The Morgan fingerprint density at radius 3 is 2.64 bits per heavy atom. The Morgan fingerprint density at radius 2 is 1.86 bits per heavy atom. The van der Waals surface area contributed by atoms with E-state index in [1.165, 1.54) is 22.9 Å². The van der Waals surface area contributed by atoms with Gasteiger partial charge in [-0.25, -0.2) is 13.6 Å². The van der Waals surface area contributed by atoms with E-state index in [2.05, 4.69) is 9.88 Å². The summed E-state index contributed by atoms with van der Waals surface area (Å²) in [7, 11) is 1.62. The van der Waals surface area contributed by atoms with E-state index < -0.39 is 23.7 Å². The van der Waals surface area contributed by atoms with Crippen LogP contribution in [0.3, 0.4) is 0 Å². The number of nitrogens with one attached hydrogen (secondary N) is 1. The van der Waals surface area contributed by atoms with E-state index in [1.807, 2.05) is 42.6 Å². The lowest BCUT2D eigenvalue weighted by Crippen LogP contribution is -2.38. The standard InChI is InChI=1S/C28H25F2N3O2S/c1-35-19-11-8-17(9-12-19)26-24-6-4-14-32(24)27-21(20-5-2-3-7-25(20)36-27)16-33(26)28(34)31-23-13-10-18(29)15-22(23)30/h4,6,8-15,26H,2-3,5,7,16H2,1H3,(H,31,34)/t26-/m1/s1.